The molecule has 0 saturated heterocycles. The second-order valence-corrected chi connectivity index (χ2v) is 4.59. The third-order valence-electron chi connectivity index (χ3n) is 3.18. The average Bonchev–Trinajstić information content (AvgIpc) is 2.53. The summed E-state index contributed by atoms with van der Waals surface area (Å²) < 4.78 is 13.8. The number of anilines is 1. The minimum Gasteiger partial charge on any atom is -0.308 e. The van der Waals surface area contributed by atoms with Gasteiger partial charge in [-0.2, -0.15) is 5.26 Å². The molecule has 4 heteroatoms. The van der Waals surface area contributed by atoms with Crippen LogP contribution in [0.4, 0.5) is 10.1 Å². The standard InChI is InChI=1S/C17H15FN2O/c1-2-17(21)20(12-14-7-3-4-9-16(14)18)15-8-5-6-13(10-15)11-19/h3-10H,2,12H2,1H3. The van der Waals surface area contributed by atoms with Crippen molar-refractivity contribution >= 4 is 11.6 Å². The lowest BCUT2D eigenvalue weighted by molar-refractivity contribution is -0.118. The number of benzene rings is 2. The molecule has 0 spiro atoms. The van der Waals surface area contributed by atoms with Crippen LogP contribution in [-0.4, -0.2) is 5.91 Å². The number of nitriles is 1. The Bertz CT molecular complexity index is 691. The molecule has 0 unspecified atom stereocenters. The Morgan fingerprint density at radius 1 is 1.24 bits per heavy atom. The highest BCUT2D eigenvalue weighted by molar-refractivity contribution is 5.93. The van der Waals surface area contributed by atoms with Crippen LogP contribution in [0.15, 0.2) is 48.5 Å². The van der Waals surface area contributed by atoms with Gasteiger partial charge in [0.15, 0.2) is 0 Å². The number of rotatable bonds is 4. The fourth-order valence-corrected chi connectivity index (χ4v) is 2.05. The van der Waals surface area contributed by atoms with Crippen molar-refractivity contribution in [3.05, 3.63) is 65.5 Å². The van der Waals surface area contributed by atoms with Gasteiger partial charge in [-0.25, -0.2) is 4.39 Å². The fraction of sp³-hybridized carbons (Fsp3) is 0.176. The molecule has 0 atom stereocenters. The van der Waals surface area contributed by atoms with Gasteiger partial charge < -0.3 is 4.90 Å². The molecule has 0 fully saturated rings. The van der Waals surface area contributed by atoms with E-state index in [-0.39, 0.29) is 18.3 Å². The molecule has 0 aliphatic carbocycles. The molecule has 21 heavy (non-hydrogen) atoms. The largest absolute Gasteiger partial charge is 0.308 e. The Balaban J connectivity index is 2.37. The molecule has 0 saturated carbocycles. The van der Waals surface area contributed by atoms with Gasteiger partial charge in [0.1, 0.15) is 5.82 Å². The number of halogens is 1. The normalized spacial score (nSPS) is 9.95. The minimum atomic E-state index is -0.345. The molecular weight excluding hydrogens is 267 g/mol. The first kappa shape index (κ1) is 14.7. The highest BCUT2D eigenvalue weighted by Crippen LogP contribution is 2.21. The maximum Gasteiger partial charge on any atom is 0.227 e. The van der Waals surface area contributed by atoms with Crippen molar-refractivity contribution < 1.29 is 9.18 Å². The van der Waals surface area contributed by atoms with Gasteiger partial charge in [-0.05, 0) is 24.3 Å². The summed E-state index contributed by atoms with van der Waals surface area (Å²) in [5, 5.41) is 8.96. The fourth-order valence-electron chi connectivity index (χ4n) is 2.05. The molecule has 0 aliphatic rings. The monoisotopic (exact) mass is 282 g/mol. The van der Waals surface area contributed by atoms with Gasteiger partial charge in [-0.3, -0.25) is 4.79 Å². The quantitative estimate of drug-likeness (QED) is 0.859. The van der Waals surface area contributed by atoms with E-state index in [0.29, 0.717) is 23.2 Å². The SMILES string of the molecule is CCC(=O)N(Cc1ccccc1F)c1cccc(C#N)c1. The molecule has 2 aromatic carbocycles. The van der Waals surface area contributed by atoms with E-state index in [2.05, 4.69) is 0 Å². The van der Waals surface area contributed by atoms with Gasteiger partial charge in [0.25, 0.3) is 0 Å². The van der Waals surface area contributed by atoms with Gasteiger partial charge in [0.05, 0.1) is 18.2 Å². The van der Waals surface area contributed by atoms with Gasteiger partial charge in [0, 0.05) is 17.7 Å². The zero-order chi connectivity index (χ0) is 15.2. The first-order chi connectivity index (χ1) is 10.2. The topological polar surface area (TPSA) is 44.1 Å². The first-order valence-electron chi connectivity index (χ1n) is 6.69. The van der Waals surface area contributed by atoms with Gasteiger partial charge in [-0.1, -0.05) is 31.2 Å². The highest BCUT2D eigenvalue weighted by atomic mass is 19.1. The molecule has 2 rings (SSSR count). The van der Waals surface area contributed by atoms with E-state index in [0.717, 1.165) is 0 Å². The Kier molecular flexibility index (Phi) is 4.68. The van der Waals surface area contributed by atoms with Crippen molar-refractivity contribution in [1.29, 1.82) is 5.26 Å². The zero-order valence-corrected chi connectivity index (χ0v) is 11.7. The highest BCUT2D eigenvalue weighted by Gasteiger charge is 2.16. The number of carbonyl (C=O) groups excluding carboxylic acids is 1. The molecule has 2 aromatic rings. The summed E-state index contributed by atoms with van der Waals surface area (Å²) >= 11 is 0. The van der Waals surface area contributed by atoms with E-state index in [9.17, 15) is 9.18 Å². The van der Waals surface area contributed by atoms with Gasteiger partial charge in [0.2, 0.25) is 5.91 Å². The molecule has 1 amide bonds. The zero-order valence-electron chi connectivity index (χ0n) is 11.7. The Morgan fingerprint density at radius 2 is 2.00 bits per heavy atom. The number of hydrogen-bond donors (Lipinski definition) is 0. The van der Waals surface area contributed by atoms with E-state index < -0.39 is 0 Å². The Hall–Kier alpha value is -2.67. The van der Waals surface area contributed by atoms with Crippen LogP contribution in [0.1, 0.15) is 24.5 Å². The summed E-state index contributed by atoms with van der Waals surface area (Å²) in [4.78, 5) is 13.6. The van der Waals surface area contributed by atoms with Crippen molar-refractivity contribution in [2.24, 2.45) is 0 Å². The molecular formula is C17H15FN2O. The molecule has 0 aromatic heterocycles. The summed E-state index contributed by atoms with van der Waals surface area (Å²) in [6.45, 7) is 1.90. The van der Waals surface area contributed by atoms with E-state index in [1.54, 1.807) is 49.4 Å². The third kappa shape index (κ3) is 3.46. The molecule has 0 radical (unpaired) electrons. The van der Waals surface area contributed by atoms with Crippen LogP contribution in [0.2, 0.25) is 0 Å². The van der Waals surface area contributed by atoms with E-state index in [4.69, 9.17) is 5.26 Å². The molecule has 0 bridgehead atoms. The van der Waals surface area contributed by atoms with E-state index in [1.807, 2.05) is 6.07 Å². The lowest BCUT2D eigenvalue weighted by atomic mass is 10.1. The first-order valence-corrected chi connectivity index (χ1v) is 6.69. The second-order valence-electron chi connectivity index (χ2n) is 4.59. The lowest BCUT2D eigenvalue weighted by Gasteiger charge is -2.23. The van der Waals surface area contributed by atoms with Crippen molar-refractivity contribution in [3.63, 3.8) is 0 Å². The minimum absolute atomic E-state index is 0.117. The number of hydrogen-bond acceptors (Lipinski definition) is 2. The van der Waals surface area contributed by atoms with Crippen molar-refractivity contribution in [1.82, 2.24) is 0 Å². The Labute approximate surface area is 123 Å². The van der Waals surface area contributed by atoms with Gasteiger partial charge in [-0.15, -0.1) is 0 Å². The average molecular weight is 282 g/mol. The van der Waals surface area contributed by atoms with Crippen LogP contribution in [0.25, 0.3) is 0 Å². The predicted octanol–water partition coefficient (Wildman–Crippen LogP) is 3.64. The molecule has 3 nitrogen and oxygen atoms in total. The van der Waals surface area contributed by atoms with E-state index >= 15 is 0 Å². The summed E-state index contributed by atoms with van der Waals surface area (Å²) in [6.07, 6.45) is 0.311. The Morgan fingerprint density at radius 3 is 2.67 bits per heavy atom. The van der Waals surface area contributed by atoms with Crippen molar-refractivity contribution in [3.8, 4) is 6.07 Å². The maximum atomic E-state index is 13.8. The third-order valence-corrected chi connectivity index (χ3v) is 3.18. The summed E-state index contributed by atoms with van der Waals surface area (Å²) in [7, 11) is 0. The molecule has 106 valence electrons. The summed E-state index contributed by atoms with van der Waals surface area (Å²) in [6, 6.07) is 15.2. The molecule has 0 N–H and O–H groups in total. The van der Waals surface area contributed by atoms with Crippen molar-refractivity contribution in [2.75, 3.05) is 4.90 Å². The summed E-state index contributed by atoms with van der Waals surface area (Å²) in [5.74, 6) is -0.462. The van der Waals surface area contributed by atoms with Gasteiger partial charge >= 0.3 is 0 Å². The number of carbonyl (C=O) groups is 1. The number of nitrogens with zero attached hydrogens (tertiary/aromatic N) is 2. The van der Waals surface area contributed by atoms with Crippen LogP contribution in [0.5, 0.6) is 0 Å². The van der Waals surface area contributed by atoms with Crippen LogP contribution >= 0.6 is 0 Å². The van der Waals surface area contributed by atoms with Crippen molar-refractivity contribution in [2.45, 2.75) is 19.9 Å². The van der Waals surface area contributed by atoms with E-state index in [1.165, 1.54) is 11.0 Å². The predicted molar refractivity (Wildman–Crippen MR) is 79.0 cm³/mol. The van der Waals surface area contributed by atoms with Crippen LogP contribution in [-0.2, 0) is 11.3 Å². The smallest absolute Gasteiger partial charge is 0.227 e. The number of amides is 1. The maximum absolute atomic E-state index is 13.8. The second kappa shape index (κ2) is 6.67. The van der Waals surface area contributed by atoms with Crippen LogP contribution in [0.3, 0.4) is 0 Å². The van der Waals surface area contributed by atoms with Crippen LogP contribution < -0.4 is 4.90 Å². The molecule has 0 heterocycles. The van der Waals surface area contributed by atoms with Crippen LogP contribution in [0, 0.1) is 17.1 Å². The summed E-state index contributed by atoms with van der Waals surface area (Å²) in [5.41, 5.74) is 1.51. The molecule has 0 aliphatic heterocycles. The lowest BCUT2D eigenvalue weighted by Crippen LogP contribution is -2.30.